The SMILES string of the molecule is Cc1nc(NC(=O)c2cc([N+](=O)[O-])cc([N+](=O)[O-])c2)sc1C(=O)N(C)C. The van der Waals surface area contributed by atoms with Crippen molar-refractivity contribution in [3.8, 4) is 0 Å². The van der Waals surface area contributed by atoms with Crippen LogP contribution in [0.3, 0.4) is 0 Å². The van der Waals surface area contributed by atoms with Crippen LogP contribution in [0.25, 0.3) is 0 Å². The highest BCUT2D eigenvalue weighted by molar-refractivity contribution is 7.17. The average molecular weight is 379 g/mol. The van der Waals surface area contributed by atoms with Gasteiger partial charge < -0.3 is 4.90 Å². The summed E-state index contributed by atoms with van der Waals surface area (Å²) in [5.74, 6) is -1.10. The Kier molecular flexibility index (Phi) is 5.26. The Bertz CT molecular complexity index is 890. The van der Waals surface area contributed by atoms with Crippen LogP contribution >= 0.6 is 11.3 Å². The lowest BCUT2D eigenvalue weighted by atomic mass is 10.1. The van der Waals surface area contributed by atoms with Crippen molar-refractivity contribution in [3.63, 3.8) is 0 Å². The molecule has 12 heteroatoms. The number of amides is 2. The fourth-order valence-corrected chi connectivity index (χ4v) is 2.94. The Morgan fingerprint density at radius 3 is 2.12 bits per heavy atom. The van der Waals surface area contributed by atoms with Crippen LogP contribution in [0, 0.1) is 27.2 Å². The second-order valence-corrected chi connectivity index (χ2v) is 6.34. The first kappa shape index (κ1) is 18.9. The van der Waals surface area contributed by atoms with Crippen molar-refractivity contribution in [1.29, 1.82) is 0 Å². The summed E-state index contributed by atoms with van der Waals surface area (Å²) in [7, 11) is 3.14. The van der Waals surface area contributed by atoms with Crippen LogP contribution in [0.4, 0.5) is 16.5 Å². The molecule has 1 aromatic carbocycles. The van der Waals surface area contributed by atoms with Gasteiger partial charge in [-0.1, -0.05) is 11.3 Å². The number of non-ortho nitro benzene ring substituents is 2. The standard InChI is InChI=1S/C14H13N5O6S/c1-7-11(13(21)17(2)3)26-14(15-7)16-12(20)8-4-9(18(22)23)6-10(5-8)19(24)25/h4-6H,1-3H3,(H,15,16,20). The van der Waals surface area contributed by atoms with Gasteiger partial charge in [0.25, 0.3) is 23.2 Å². The van der Waals surface area contributed by atoms with E-state index in [1.165, 1.54) is 4.90 Å². The Hall–Kier alpha value is -3.41. The van der Waals surface area contributed by atoms with Gasteiger partial charge in [0.2, 0.25) is 0 Å². The molecule has 26 heavy (non-hydrogen) atoms. The molecule has 0 saturated heterocycles. The molecule has 11 nitrogen and oxygen atoms in total. The smallest absolute Gasteiger partial charge is 0.277 e. The second-order valence-electron chi connectivity index (χ2n) is 5.34. The second kappa shape index (κ2) is 7.23. The normalized spacial score (nSPS) is 10.3. The van der Waals surface area contributed by atoms with E-state index in [-0.39, 0.29) is 16.6 Å². The van der Waals surface area contributed by atoms with E-state index in [0.29, 0.717) is 10.6 Å². The lowest BCUT2D eigenvalue weighted by Crippen LogP contribution is -2.21. The van der Waals surface area contributed by atoms with Crippen molar-refractivity contribution < 1.29 is 19.4 Å². The van der Waals surface area contributed by atoms with E-state index in [0.717, 1.165) is 29.5 Å². The molecule has 1 aromatic heterocycles. The molecule has 0 radical (unpaired) electrons. The molecule has 0 aliphatic carbocycles. The lowest BCUT2D eigenvalue weighted by molar-refractivity contribution is -0.394. The monoisotopic (exact) mass is 379 g/mol. The predicted molar refractivity (Wildman–Crippen MR) is 92.6 cm³/mol. The van der Waals surface area contributed by atoms with E-state index in [1.54, 1.807) is 21.0 Å². The highest BCUT2D eigenvalue weighted by Crippen LogP contribution is 2.26. The number of carbonyl (C=O) groups is 2. The third-order valence-corrected chi connectivity index (χ3v) is 4.26. The molecule has 1 N–H and O–H groups in total. The van der Waals surface area contributed by atoms with Gasteiger partial charge in [0, 0.05) is 26.2 Å². The maximum atomic E-state index is 12.3. The van der Waals surface area contributed by atoms with Crippen molar-refractivity contribution in [1.82, 2.24) is 9.88 Å². The van der Waals surface area contributed by atoms with Crippen LogP contribution in [0.1, 0.15) is 25.7 Å². The lowest BCUT2D eigenvalue weighted by Gasteiger charge is -2.07. The first-order valence-corrected chi connectivity index (χ1v) is 7.86. The van der Waals surface area contributed by atoms with E-state index >= 15 is 0 Å². The summed E-state index contributed by atoms with van der Waals surface area (Å²) in [5, 5.41) is 24.3. The maximum Gasteiger partial charge on any atom is 0.277 e. The summed E-state index contributed by atoms with van der Waals surface area (Å²) >= 11 is 0.938. The van der Waals surface area contributed by atoms with Crippen molar-refractivity contribution in [2.45, 2.75) is 6.92 Å². The third kappa shape index (κ3) is 3.97. The number of thiazole rings is 1. The minimum atomic E-state index is -0.828. The number of aryl methyl sites for hydroxylation is 1. The number of rotatable bonds is 5. The van der Waals surface area contributed by atoms with Gasteiger partial charge in [-0.05, 0) is 6.92 Å². The highest BCUT2D eigenvalue weighted by atomic mass is 32.1. The number of nitro benzene ring substituents is 2. The van der Waals surface area contributed by atoms with Gasteiger partial charge in [0.15, 0.2) is 5.13 Å². The van der Waals surface area contributed by atoms with Gasteiger partial charge in [-0.3, -0.25) is 35.1 Å². The molecule has 0 bridgehead atoms. The number of benzene rings is 1. The van der Waals surface area contributed by atoms with Crippen LogP contribution in [0.2, 0.25) is 0 Å². The Morgan fingerprint density at radius 1 is 1.12 bits per heavy atom. The molecule has 0 atom stereocenters. The van der Waals surface area contributed by atoms with Crippen LogP contribution in [-0.2, 0) is 0 Å². The van der Waals surface area contributed by atoms with Crippen molar-refractivity contribution in [2.24, 2.45) is 0 Å². The Balaban J connectivity index is 2.33. The number of aromatic nitrogens is 1. The molecule has 0 saturated carbocycles. The van der Waals surface area contributed by atoms with E-state index in [1.807, 2.05) is 0 Å². The average Bonchev–Trinajstić information content (AvgIpc) is 2.93. The molecule has 0 unspecified atom stereocenters. The zero-order valence-electron chi connectivity index (χ0n) is 13.9. The van der Waals surface area contributed by atoms with Gasteiger partial charge in [-0.25, -0.2) is 4.98 Å². The van der Waals surface area contributed by atoms with Crippen LogP contribution in [0.5, 0.6) is 0 Å². The molecule has 0 fully saturated rings. The minimum absolute atomic E-state index is 0.104. The minimum Gasteiger partial charge on any atom is -0.344 e. The molecule has 1 heterocycles. The zero-order valence-corrected chi connectivity index (χ0v) is 14.7. The number of nitrogens with zero attached hydrogens (tertiary/aromatic N) is 4. The number of anilines is 1. The summed E-state index contributed by atoms with van der Waals surface area (Å²) in [6.07, 6.45) is 0. The van der Waals surface area contributed by atoms with Crippen molar-refractivity contribution >= 4 is 39.7 Å². The van der Waals surface area contributed by atoms with Gasteiger partial charge in [-0.15, -0.1) is 0 Å². The third-order valence-electron chi connectivity index (χ3n) is 3.20. The van der Waals surface area contributed by atoms with E-state index in [2.05, 4.69) is 10.3 Å². The number of hydrogen-bond donors (Lipinski definition) is 1. The molecule has 136 valence electrons. The molecule has 0 aliphatic rings. The fraction of sp³-hybridized carbons (Fsp3) is 0.214. The molecule has 0 spiro atoms. The fourth-order valence-electron chi connectivity index (χ4n) is 1.96. The number of carbonyl (C=O) groups excluding carboxylic acids is 2. The molecular weight excluding hydrogens is 366 g/mol. The van der Waals surface area contributed by atoms with E-state index in [9.17, 15) is 29.8 Å². The highest BCUT2D eigenvalue weighted by Gasteiger charge is 2.22. The molecule has 2 aromatic rings. The van der Waals surface area contributed by atoms with Crippen LogP contribution < -0.4 is 5.32 Å². The summed E-state index contributed by atoms with van der Waals surface area (Å²) in [6, 6.07) is 2.61. The van der Waals surface area contributed by atoms with E-state index < -0.39 is 27.1 Å². The predicted octanol–water partition coefficient (Wildman–Crippen LogP) is 2.22. The van der Waals surface area contributed by atoms with Gasteiger partial charge in [0.1, 0.15) is 4.88 Å². The molecule has 0 aliphatic heterocycles. The molecular formula is C14H13N5O6S. The molecule has 2 amide bonds. The quantitative estimate of drug-likeness (QED) is 0.618. The number of hydrogen-bond acceptors (Lipinski definition) is 8. The van der Waals surface area contributed by atoms with E-state index in [4.69, 9.17) is 0 Å². The Morgan fingerprint density at radius 2 is 1.65 bits per heavy atom. The van der Waals surface area contributed by atoms with Crippen molar-refractivity contribution in [2.75, 3.05) is 19.4 Å². The Labute approximate surface area is 150 Å². The topological polar surface area (TPSA) is 149 Å². The first-order valence-electron chi connectivity index (χ1n) is 7.04. The van der Waals surface area contributed by atoms with Crippen LogP contribution in [-0.4, -0.2) is 45.6 Å². The molecule has 2 rings (SSSR count). The zero-order chi connectivity index (χ0) is 19.6. The largest absolute Gasteiger partial charge is 0.344 e. The summed E-state index contributed by atoms with van der Waals surface area (Å²) < 4.78 is 0. The maximum absolute atomic E-state index is 12.3. The van der Waals surface area contributed by atoms with Crippen LogP contribution in [0.15, 0.2) is 18.2 Å². The van der Waals surface area contributed by atoms with Gasteiger partial charge in [-0.2, -0.15) is 0 Å². The van der Waals surface area contributed by atoms with Gasteiger partial charge in [0.05, 0.1) is 27.2 Å². The van der Waals surface area contributed by atoms with Crippen molar-refractivity contribution in [3.05, 3.63) is 54.6 Å². The number of nitro groups is 2. The summed E-state index contributed by atoms with van der Waals surface area (Å²) in [5.41, 5.74) is -1.01. The summed E-state index contributed by atoms with van der Waals surface area (Å²) in [4.78, 5) is 50.2. The van der Waals surface area contributed by atoms with Gasteiger partial charge >= 0.3 is 0 Å². The first-order chi connectivity index (χ1) is 12.1. The number of nitrogens with one attached hydrogen (secondary N) is 1. The summed E-state index contributed by atoms with van der Waals surface area (Å²) in [6.45, 7) is 1.60.